The van der Waals surface area contributed by atoms with E-state index in [1.165, 1.54) is 27.1 Å². The molecule has 7 heteroatoms. The number of nitrogens with zero attached hydrogens (tertiary/aromatic N) is 2. The van der Waals surface area contributed by atoms with Crippen molar-refractivity contribution in [3.63, 3.8) is 0 Å². The summed E-state index contributed by atoms with van der Waals surface area (Å²) in [6.45, 7) is 4.50. The number of thioether (sulfide) groups is 1. The standard InChI is InChI=1S/C19H21N3O2S2/c1-13-14(2)26-18-17(13)19(24)22(12-21-18)11-16(23)20-9-6-10-25-15-7-4-3-5-8-15/h3-5,7-8,12H,6,9-11H2,1-2H3,(H,20,23). The van der Waals surface area contributed by atoms with Crippen LogP contribution in [0.5, 0.6) is 0 Å². The quantitative estimate of drug-likeness (QED) is 0.499. The Hall–Kier alpha value is -2.12. The van der Waals surface area contributed by atoms with E-state index in [2.05, 4.69) is 22.4 Å². The number of aromatic nitrogens is 2. The molecule has 26 heavy (non-hydrogen) atoms. The molecule has 0 saturated heterocycles. The van der Waals surface area contributed by atoms with Gasteiger partial charge in [0, 0.05) is 16.3 Å². The maximum Gasteiger partial charge on any atom is 0.262 e. The van der Waals surface area contributed by atoms with Crippen molar-refractivity contribution in [2.24, 2.45) is 0 Å². The molecule has 0 fully saturated rings. The molecular weight excluding hydrogens is 366 g/mol. The first-order chi connectivity index (χ1) is 12.6. The SMILES string of the molecule is Cc1sc2ncn(CC(=O)NCCCSc3ccccc3)c(=O)c2c1C. The lowest BCUT2D eigenvalue weighted by molar-refractivity contribution is -0.121. The Kier molecular flexibility index (Phi) is 6.11. The van der Waals surface area contributed by atoms with Crippen molar-refractivity contribution in [2.45, 2.75) is 31.7 Å². The van der Waals surface area contributed by atoms with Crippen LogP contribution < -0.4 is 10.9 Å². The molecule has 0 spiro atoms. The van der Waals surface area contributed by atoms with Crippen molar-refractivity contribution in [2.75, 3.05) is 12.3 Å². The second kappa shape index (κ2) is 8.51. The third kappa shape index (κ3) is 4.34. The van der Waals surface area contributed by atoms with Gasteiger partial charge in [0.15, 0.2) is 0 Å². The van der Waals surface area contributed by atoms with Crippen LogP contribution in [0.3, 0.4) is 0 Å². The summed E-state index contributed by atoms with van der Waals surface area (Å²) in [5, 5.41) is 3.50. The number of rotatable bonds is 7. The summed E-state index contributed by atoms with van der Waals surface area (Å²) in [6.07, 6.45) is 2.34. The molecule has 5 nitrogen and oxygen atoms in total. The first-order valence-electron chi connectivity index (χ1n) is 8.46. The predicted octanol–water partition coefficient (Wildman–Crippen LogP) is 3.37. The highest BCUT2D eigenvalue weighted by Crippen LogP contribution is 2.25. The van der Waals surface area contributed by atoms with Crippen molar-refractivity contribution >= 4 is 39.2 Å². The summed E-state index contributed by atoms with van der Waals surface area (Å²) in [4.78, 5) is 32.1. The number of carbonyl (C=O) groups excluding carboxylic acids is 1. The first-order valence-corrected chi connectivity index (χ1v) is 10.3. The minimum Gasteiger partial charge on any atom is -0.355 e. The van der Waals surface area contributed by atoms with Crippen LogP contribution in [0, 0.1) is 13.8 Å². The van der Waals surface area contributed by atoms with E-state index in [4.69, 9.17) is 0 Å². The van der Waals surface area contributed by atoms with Crippen molar-refractivity contribution in [1.29, 1.82) is 0 Å². The fourth-order valence-corrected chi connectivity index (χ4v) is 4.46. The van der Waals surface area contributed by atoms with Gasteiger partial charge >= 0.3 is 0 Å². The lowest BCUT2D eigenvalue weighted by Crippen LogP contribution is -2.33. The number of fused-ring (bicyclic) bond motifs is 1. The minimum atomic E-state index is -0.164. The van der Waals surface area contributed by atoms with E-state index in [1.807, 2.05) is 32.0 Å². The zero-order chi connectivity index (χ0) is 18.5. The van der Waals surface area contributed by atoms with E-state index < -0.39 is 0 Å². The number of thiophene rings is 1. The van der Waals surface area contributed by atoms with Crippen molar-refractivity contribution in [3.05, 3.63) is 57.5 Å². The van der Waals surface area contributed by atoms with Crippen LogP contribution in [0.4, 0.5) is 0 Å². The molecule has 3 rings (SSSR count). The normalized spacial score (nSPS) is 11.0. The Labute approximate surface area is 160 Å². The molecule has 1 N–H and O–H groups in total. The van der Waals surface area contributed by atoms with Crippen molar-refractivity contribution < 1.29 is 4.79 Å². The highest BCUT2D eigenvalue weighted by atomic mass is 32.2. The molecule has 0 aliphatic rings. The molecule has 0 bridgehead atoms. The summed E-state index contributed by atoms with van der Waals surface area (Å²) in [5.41, 5.74) is 0.807. The predicted molar refractivity (Wildman–Crippen MR) is 108 cm³/mol. The summed E-state index contributed by atoms with van der Waals surface area (Å²) in [6, 6.07) is 10.2. The molecule has 0 aliphatic heterocycles. The number of aryl methyl sites for hydroxylation is 2. The largest absolute Gasteiger partial charge is 0.355 e. The highest BCUT2D eigenvalue weighted by Gasteiger charge is 2.13. The van der Waals surface area contributed by atoms with E-state index in [0.717, 1.165) is 27.4 Å². The van der Waals surface area contributed by atoms with Gasteiger partial charge in [-0.3, -0.25) is 14.2 Å². The molecule has 1 aromatic carbocycles. The topological polar surface area (TPSA) is 64.0 Å². The number of carbonyl (C=O) groups is 1. The van der Waals surface area contributed by atoms with E-state index in [-0.39, 0.29) is 18.0 Å². The van der Waals surface area contributed by atoms with Gasteiger partial charge < -0.3 is 5.32 Å². The third-order valence-corrected chi connectivity index (χ3v) is 6.34. The molecule has 0 aliphatic carbocycles. The zero-order valence-corrected chi connectivity index (χ0v) is 16.5. The fraction of sp³-hybridized carbons (Fsp3) is 0.316. The van der Waals surface area contributed by atoms with Crippen LogP contribution in [0.15, 0.2) is 46.3 Å². The summed E-state index contributed by atoms with van der Waals surface area (Å²) >= 11 is 3.28. The highest BCUT2D eigenvalue weighted by molar-refractivity contribution is 7.99. The smallest absolute Gasteiger partial charge is 0.262 e. The van der Waals surface area contributed by atoms with Gasteiger partial charge in [0.2, 0.25) is 5.91 Å². The van der Waals surface area contributed by atoms with Crippen molar-refractivity contribution in [1.82, 2.24) is 14.9 Å². The number of hydrogen-bond acceptors (Lipinski definition) is 5. The zero-order valence-electron chi connectivity index (χ0n) is 14.8. The Morgan fingerprint density at radius 2 is 2.04 bits per heavy atom. The van der Waals surface area contributed by atoms with Gasteiger partial charge in [-0.2, -0.15) is 0 Å². The fourth-order valence-electron chi connectivity index (χ4n) is 2.60. The maximum atomic E-state index is 12.6. The van der Waals surface area contributed by atoms with Crippen LogP contribution in [-0.4, -0.2) is 27.8 Å². The lowest BCUT2D eigenvalue weighted by Gasteiger charge is -2.07. The van der Waals surface area contributed by atoms with Gasteiger partial charge in [-0.25, -0.2) is 4.98 Å². The van der Waals surface area contributed by atoms with Gasteiger partial charge in [-0.1, -0.05) is 18.2 Å². The average Bonchev–Trinajstić information content (AvgIpc) is 2.93. The number of nitrogens with one attached hydrogen (secondary N) is 1. The van der Waals surface area contributed by atoms with Gasteiger partial charge in [-0.05, 0) is 43.7 Å². The summed E-state index contributed by atoms with van der Waals surface area (Å²) in [7, 11) is 0. The van der Waals surface area contributed by atoms with Crippen LogP contribution in [0.1, 0.15) is 16.9 Å². The Morgan fingerprint density at radius 3 is 2.81 bits per heavy atom. The lowest BCUT2D eigenvalue weighted by atomic mass is 10.2. The van der Waals surface area contributed by atoms with Crippen LogP contribution in [-0.2, 0) is 11.3 Å². The molecule has 2 heterocycles. The van der Waals surface area contributed by atoms with Crippen molar-refractivity contribution in [3.8, 4) is 0 Å². The van der Waals surface area contributed by atoms with E-state index in [1.54, 1.807) is 11.8 Å². The Morgan fingerprint density at radius 1 is 1.27 bits per heavy atom. The molecule has 2 aromatic heterocycles. The van der Waals surface area contributed by atoms with Crippen LogP contribution in [0.25, 0.3) is 10.2 Å². The molecular formula is C19H21N3O2S2. The monoisotopic (exact) mass is 387 g/mol. The second-order valence-corrected chi connectivity index (χ2v) is 8.38. The average molecular weight is 388 g/mol. The number of amides is 1. The molecule has 0 atom stereocenters. The number of hydrogen-bond donors (Lipinski definition) is 1. The Balaban J connectivity index is 1.50. The van der Waals surface area contributed by atoms with Crippen LogP contribution in [0.2, 0.25) is 0 Å². The molecule has 136 valence electrons. The first kappa shape index (κ1) is 18.7. The molecule has 0 radical (unpaired) electrons. The van der Waals surface area contributed by atoms with E-state index in [9.17, 15) is 9.59 Å². The molecule has 1 amide bonds. The van der Waals surface area contributed by atoms with Gasteiger partial charge in [-0.15, -0.1) is 23.1 Å². The third-order valence-electron chi connectivity index (χ3n) is 4.12. The van der Waals surface area contributed by atoms with Gasteiger partial charge in [0.05, 0.1) is 11.7 Å². The maximum absolute atomic E-state index is 12.6. The Bertz CT molecular complexity index is 964. The van der Waals surface area contributed by atoms with Gasteiger partial charge in [0.25, 0.3) is 5.56 Å². The molecule has 0 saturated carbocycles. The van der Waals surface area contributed by atoms with E-state index >= 15 is 0 Å². The van der Waals surface area contributed by atoms with Gasteiger partial charge in [0.1, 0.15) is 11.4 Å². The number of benzene rings is 1. The van der Waals surface area contributed by atoms with Crippen LogP contribution >= 0.6 is 23.1 Å². The van der Waals surface area contributed by atoms with E-state index in [0.29, 0.717) is 11.9 Å². The summed E-state index contributed by atoms with van der Waals surface area (Å²) < 4.78 is 1.38. The summed E-state index contributed by atoms with van der Waals surface area (Å²) in [5.74, 6) is 0.771. The minimum absolute atomic E-state index is 0.00192. The molecule has 3 aromatic rings. The second-order valence-electron chi connectivity index (χ2n) is 6.01. The molecule has 0 unspecified atom stereocenters.